The van der Waals surface area contributed by atoms with Gasteiger partial charge in [-0.3, -0.25) is 0 Å². The van der Waals surface area contributed by atoms with Gasteiger partial charge in [0.2, 0.25) is 6.10 Å². The highest BCUT2D eigenvalue weighted by Crippen LogP contribution is 2.44. The maximum Gasteiger partial charge on any atom is 0.430 e. The van der Waals surface area contributed by atoms with Crippen molar-refractivity contribution in [3.05, 3.63) is 52.1 Å². The van der Waals surface area contributed by atoms with Crippen LogP contribution in [0.4, 0.5) is 18.9 Å². The van der Waals surface area contributed by atoms with Crippen LogP contribution in [-0.2, 0) is 4.79 Å². The Morgan fingerprint density at radius 1 is 1.27 bits per heavy atom. The lowest BCUT2D eigenvalue weighted by Crippen LogP contribution is -2.40. The Bertz CT molecular complexity index is 938. The van der Waals surface area contributed by atoms with Crippen LogP contribution < -0.4 is 10.5 Å². The van der Waals surface area contributed by atoms with Crippen LogP contribution >= 0.6 is 11.6 Å². The van der Waals surface area contributed by atoms with Crippen molar-refractivity contribution >= 4 is 29.3 Å². The number of nitrogens with two attached hydrogens (primary N) is 1. The molecule has 1 unspecified atom stereocenters. The van der Waals surface area contributed by atoms with Crippen LogP contribution in [0.25, 0.3) is 17.2 Å². The summed E-state index contributed by atoms with van der Waals surface area (Å²) in [5.74, 6) is -1.80. The Balaban J connectivity index is 2.24. The summed E-state index contributed by atoms with van der Waals surface area (Å²) in [6, 6.07) is 7.81. The molecule has 4 nitrogen and oxygen atoms in total. The van der Waals surface area contributed by atoms with Crippen molar-refractivity contribution in [2.24, 2.45) is 0 Å². The number of fused-ring (bicyclic) bond motifs is 1. The van der Waals surface area contributed by atoms with Crippen molar-refractivity contribution in [2.45, 2.75) is 19.2 Å². The molecule has 3 rings (SSSR count). The van der Waals surface area contributed by atoms with Gasteiger partial charge in [0.25, 0.3) is 0 Å². The monoisotopic (exact) mass is 383 g/mol. The molecule has 0 spiro atoms. The zero-order valence-electron chi connectivity index (χ0n) is 13.4. The van der Waals surface area contributed by atoms with Crippen LogP contribution in [0, 0.1) is 6.92 Å². The number of hydrogen-bond donors (Lipinski definition) is 2. The second kappa shape index (κ2) is 6.25. The van der Waals surface area contributed by atoms with Gasteiger partial charge in [-0.15, -0.1) is 0 Å². The van der Waals surface area contributed by atoms with E-state index in [0.717, 1.165) is 11.6 Å². The van der Waals surface area contributed by atoms with Gasteiger partial charge in [-0.2, -0.15) is 13.2 Å². The minimum atomic E-state index is -4.88. The Morgan fingerprint density at radius 3 is 2.54 bits per heavy atom. The highest BCUT2D eigenvalue weighted by atomic mass is 35.5. The Labute approximate surface area is 151 Å². The molecule has 0 bridgehead atoms. The molecular formula is C18H13ClF3NO3. The van der Waals surface area contributed by atoms with E-state index in [0.29, 0.717) is 16.8 Å². The van der Waals surface area contributed by atoms with Crippen LogP contribution in [0.3, 0.4) is 0 Å². The average molecular weight is 384 g/mol. The molecule has 2 aromatic carbocycles. The quantitative estimate of drug-likeness (QED) is 0.738. The molecule has 2 aromatic rings. The predicted octanol–water partition coefficient (Wildman–Crippen LogP) is 4.69. The van der Waals surface area contributed by atoms with Gasteiger partial charge in [-0.05, 0) is 42.3 Å². The number of halogens is 4. The van der Waals surface area contributed by atoms with Crippen molar-refractivity contribution in [3.63, 3.8) is 0 Å². The smallest absolute Gasteiger partial charge is 0.430 e. The maximum absolute atomic E-state index is 13.3. The van der Waals surface area contributed by atoms with Gasteiger partial charge in [0.1, 0.15) is 5.75 Å². The normalized spacial score (nSPS) is 16.5. The molecule has 3 N–H and O–H groups in total. The number of carbonyl (C=O) groups is 1. The SMILES string of the molecule is Cc1ccc(-c2cc(Cl)cc3c2OC(C(F)(F)F)C(C(=O)O)=C3)cc1N. The summed E-state index contributed by atoms with van der Waals surface area (Å²) < 4.78 is 45.0. The number of anilines is 1. The van der Waals surface area contributed by atoms with Crippen molar-refractivity contribution in [1.82, 2.24) is 0 Å². The standard InChI is InChI=1S/C18H13ClF3NO3/c1-8-2-3-9(6-14(8)23)12-7-11(19)4-10-5-13(17(24)25)16(18(20,21)22)26-15(10)12/h2-7,16H,23H2,1H3,(H,24,25). The summed E-state index contributed by atoms with van der Waals surface area (Å²) in [7, 11) is 0. The Hall–Kier alpha value is -2.67. The van der Waals surface area contributed by atoms with Gasteiger partial charge in [-0.25, -0.2) is 4.79 Å². The topological polar surface area (TPSA) is 72.5 Å². The summed E-state index contributed by atoms with van der Waals surface area (Å²) in [6.45, 7) is 1.80. The predicted molar refractivity (Wildman–Crippen MR) is 92.1 cm³/mol. The number of aryl methyl sites for hydroxylation is 1. The summed E-state index contributed by atoms with van der Waals surface area (Å²) in [6.07, 6.45) is -6.52. The van der Waals surface area contributed by atoms with Gasteiger partial charge in [0.15, 0.2) is 0 Å². The molecule has 1 atom stereocenters. The van der Waals surface area contributed by atoms with E-state index in [-0.39, 0.29) is 16.3 Å². The summed E-state index contributed by atoms with van der Waals surface area (Å²) in [5.41, 5.74) is 7.23. The number of rotatable bonds is 2. The molecule has 0 fully saturated rings. The molecule has 0 saturated heterocycles. The van der Waals surface area contributed by atoms with Crippen LogP contribution in [0.2, 0.25) is 5.02 Å². The van der Waals surface area contributed by atoms with Crippen molar-refractivity contribution < 1.29 is 27.8 Å². The molecule has 26 heavy (non-hydrogen) atoms. The van der Waals surface area contributed by atoms with E-state index in [2.05, 4.69) is 0 Å². The number of ether oxygens (including phenoxy) is 1. The van der Waals surface area contributed by atoms with Crippen LogP contribution in [0.5, 0.6) is 5.75 Å². The zero-order chi connectivity index (χ0) is 19.2. The number of nitrogen functional groups attached to an aromatic ring is 1. The highest BCUT2D eigenvalue weighted by Gasteiger charge is 2.48. The number of benzene rings is 2. The van der Waals surface area contributed by atoms with Crippen LogP contribution in [-0.4, -0.2) is 23.4 Å². The number of alkyl halides is 3. The molecule has 8 heteroatoms. The number of hydrogen-bond acceptors (Lipinski definition) is 3. The van der Waals surface area contributed by atoms with E-state index in [4.69, 9.17) is 27.2 Å². The molecule has 1 heterocycles. The van der Waals surface area contributed by atoms with E-state index in [1.165, 1.54) is 12.1 Å². The summed E-state index contributed by atoms with van der Waals surface area (Å²) in [5, 5.41) is 9.35. The van der Waals surface area contributed by atoms with E-state index in [9.17, 15) is 18.0 Å². The fourth-order valence-electron chi connectivity index (χ4n) is 2.72. The second-order valence-electron chi connectivity index (χ2n) is 5.89. The van der Waals surface area contributed by atoms with Crippen molar-refractivity contribution in [2.75, 3.05) is 5.73 Å². The van der Waals surface area contributed by atoms with Gasteiger partial charge in [0.05, 0.1) is 5.57 Å². The lowest BCUT2D eigenvalue weighted by atomic mass is 9.95. The lowest BCUT2D eigenvalue weighted by Gasteiger charge is -2.28. The fraction of sp³-hybridized carbons (Fsp3) is 0.167. The van der Waals surface area contributed by atoms with Gasteiger partial charge in [0, 0.05) is 21.8 Å². The fourth-order valence-corrected chi connectivity index (χ4v) is 2.94. The molecule has 0 radical (unpaired) electrons. The Kier molecular flexibility index (Phi) is 4.36. The first-order valence-corrected chi connectivity index (χ1v) is 7.84. The molecule has 0 saturated carbocycles. The first-order chi connectivity index (χ1) is 12.1. The molecule has 0 amide bonds. The minimum absolute atomic E-state index is 0.0926. The van der Waals surface area contributed by atoms with E-state index in [1.54, 1.807) is 25.1 Å². The molecule has 136 valence electrons. The number of carboxylic acids is 1. The number of carboxylic acid groups (broad SMARTS) is 1. The largest absolute Gasteiger partial charge is 0.478 e. The van der Waals surface area contributed by atoms with E-state index in [1.807, 2.05) is 0 Å². The Morgan fingerprint density at radius 2 is 1.96 bits per heavy atom. The summed E-state index contributed by atoms with van der Waals surface area (Å²) in [4.78, 5) is 11.2. The van der Waals surface area contributed by atoms with Crippen LogP contribution in [0.1, 0.15) is 11.1 Å². The zero-order valence-corrected chi connectivity index (χ0v) is 14.2. The first-order valence-electron chi connectivity index (χ1n) is 7.46. The minimum Gasteiger partial charge on any atom is -0.478 e. The molecule has 0 aromatic heterocycles. The van der Waals surface area contributed by atoms with Gasteiger partial charge in [-0.1, -0.05) is 23.7 Å². The van der Waals surface area contributed by atoms with Crippen molar-refractivity contribution in [3.8, 4) is 16.9 Å². The van der Waals surface area contributed by atoms with Gasteiger partial charge < -0.3 is 15.6 Å². The number of aliphatic carboxylic acids is 1. The molecule has 1 aliphatic heterocycles. The third-order valence-corrected chi connectivity index (χ3v) is 4.26. The van der Waals surface area contributed by atoms with E-state index >= 15 is 0 Å². The van der Waals surface area contributed by atoms with Gasteiger partial charge >= 0.3 is 12.1 Å². The van der Waals surface area contributed by atoms with Crippen molar-refractivity contribution in [1.29, 1.82) is 0 Å². The average Bonchev–Trinajstić information content (AvgIpc) is 2.54. The molecular weight excluding hydrogens is 371 g/mol. The lowest BCUT2D eigenvalue weighted by molar-refractivity contribution is -0.187. The summed E-state index contributed by atoms with van der Waals surface area (Å²) >= 11 is 6.07. The highest BCUT2D eigenvalue weighted by molar-refractivity contribution is 6.31. The van der Waals surface area contributed by atoms with E-state index < -0.39 is 23.8 Å². The molecule has 1 aliphatic rings. The maximum atomic E-state index is 13.3. The third-order valence-electron chi connectivity index (χ3n) is 4.05. The first kappa shape index (κ1) is 18.1. The molecule has 0 aliphatic carbocycles. The third kappa shape index (κ3) is 3.22. The second-order valence-corrected chi connectivity index (χ2v) is 6.32. The van der Waals surface area contributed by atoms with Crippen LogP contribution in [0.15, 0.2) is 35.9 Å².